The average molecular weight is 475 g/mol. The summed E-state index contributed by atoms with van der Waals surface area (Å²) in [6.45, 7) is 1.15. The third-order valence-corrected chi connectivity index (χ3v) is 5.26. The van der Waals surface area contributed by atoms with Gasteiger partial charge in [-0.05, 0) is 61.9 Å². The van der Waals surface area contributed by atoms with Gasteiger partial charge in [-0.2, -0.15) is 13.2 Å². The van der Waals surface area contributed by atoms with Gasteiger partial charge in [0, 0.05) is 0 Å². The lowest BCUT2D eigenvalue weighted by Gasteiger charge is -2.25. The third kappa shape index (κ3) is 7.81. The first kappa shape index (κ1) is 26.2. The van der Waals surface area contributed by atoms with E-state index in [1.165, 1.54) is 18.2 Å². The summed E-state index contributed by atoms with van der Waals surface area (Å²) in [6.07, 6.45) is -3.66. The SMILES string of the molecule is Cc1ccc(F)c(CCCOc2ccc(CCC(N)(CO)COP=O)cc2C(F)(F)F)c1. The Morgan fingerprint density at radius 2 is 1.88 bits per heavy atom. The van der Waals surface area contributed by atoms with E-state index in [1.807, 2.05) is 6.92 Å². The number of ether oxygens (including phenoxy) is 1. The van der Waals surface area contributed by atoms with Gasteiger partial charge >= 0.3 is 14.9 Å². The summed E-state index contributed by atoms with van der Waals surface area (Å²) in [5.74, 6) is -0.657. The Balaban J connectivity index is 2.03. The number of alkyl halides is 3. The molecular formula is C22H26F4NO4P. The molecule has 2 rings (SSSR count). The second-order valence-electron chi connectivity index (χ2n) is 7.74. The van der Waals surface area contributed by atoms with Crippen molar-refractivity contribution in [2.75, 3.05) is 19.8 Å². The highest BCUT2D eigenvalue weighted by atomic mass is 31.1. The highest BCUT2D eigenvalue weighted by molar-refractivity contribution is 7.17. The fourth-order valence-corrected chi connectivity index (χ4v) is 3.47. The summed E-state index contributed by atoms with van der Waals surface area (Å²) in [4.78, 5) is 0. The number of hydrogen-bond donors (Lipinski definition) is 2. The zero-order valence-electron chi connectivity index (χ0n) is 17.6. The van der Waals surface area contributed by atoms with Crippen LogP contribution in [0.2, 0.25) is 0 Å². The average Bonchev–Trinajstić information content (AvgIpc) is 2.75. The molecule has 0 aliphatic heterocycles. The molecule has 32 heavy (non-hydrogen) atoms. The number of rotatable bonds is 12. The van der Waals surface area contributed by atoms with E-state index in [0.717, 1.165) is 11.6 Å². The number of benzene rings is 2. The van der Waals surface area contributed by atoms with E-state index in [4.69, 9.17) is 10.5 Å². The van der Waals surface area contributed by atoms with E-state index in [-0.39, 0.29) is 37.6 Å². The molecule has 0 saturated heterocycles. The quantitative estimate of drug-likeness (QED) is 0.256. The highest BCUT2D eigenvalue weighted by Crippen LogP contribution is 2.37. The molecule has 0 saturated carbocycles. The van der Waals surface area contributed by atoms with Crippen molar-refractivity contribution in [2.45, 2.75) is 44.3 Å². The molecule has 2 aromatic carbocycles. The summed E-state index contributed by atoms with van der Waals surface area (Å²) >= 11 is 0. The van der Waals surface area contributed by atoms with Gasteiger partial charge in [0.05, 0.1) is 30.9 Å². The Bertz CT molecular complexity index is 910. The molecule has 5 nitrogen and oxygen atoms in total. The van der Waals surface area contributed by atoms with E-state index in [9.17, 15) is 27.2 Å². The molecule has 1 atom stereocenters. The van der Waals surface area contributed by atoms with Crippen molar-refractivity contribution in [1.82, 2.24) is 0 Å². The maximum atomic E-state index is 13.8. The normalized spacial score (nSPS) is 13.8. The number of halogens is 4. The van der Waals surface area contributed by atoms with E-state index >= 15 is 0 Å². The first-order valence-electron chi connectivity index (χ1n) is 10.0. The Labute approximate surface area is 185 Å². The third-order valence-electron chi connectivity index (χ3n) is 5.03. The molecule has 0 aliphatic rings. The van der Waals surface area contributed by atoms with Crippen LogP contribution in [0.25, 0.3) is 0 Å². The van der Waals surface area contributed by atoms with Crippen molar-refractivity contribution in [2.24, 2.45) is 5.73 Å². The van der Waals surface area contributed by atoms with Crippen molar-refractivity contribution >= 4 is 8.69 Å². The lowest BCUT2D eigenvalue weighted by atomic mass is 9.93. The van der Waals surface area contributed by atoms with Crippen LogP contribution in [0.4, 0.5) is 17.6 Å². The minimum Gasteiger partial charge on any atom is -0.493 e. The van der Waals surface area contributed by atoms with Gasteiger partial charge < -0.3 is 15.6 Å². The highest BCUT2D eigenvalue weighted by Gasteiger charge is 2.35. The predicted octanol–water partition coefficient (Wildman–Crippen LogP) is 5.01. The van der Waals surface area contributed by atoms with Gasteiger partial charge in [0.2, 0.25) is 0 Å². The van der Waals surface area contributed by atoms with Crippen LogP contribution in [0, 0.1) is 12.7 Å². The molecule has 0 radical (unpaired) electrons. The van der Waals surface area contributed by atoms with Crippen molar-refractivity contribution < 1.29 is 36.5 Å². The molecule has 3 N–H and O–H groups in total. The molecule has 0 fully saturated rings. The molecule has 0 heterocycles. The molecule has 0 amide bonds. The molecule has 0 spiro atoms. The topological polar surface area (TPSA) is 81.8 Å². The maximum absolute atomic E-state index is 13.8. The lowest BCUT2D eigenvalue weighted by Crippen LogP contribution is -2.47. The molecule has 0 aromatic heterocycles. The van der Waals surface area contributed by atoms with Crippen LogP contribution >= 0.6 is 8.69 Å². The Kier molecular flexibility index (Phi) is 9.58. The Morgan fingerprint density at radius 3 is 2.53 bits per heavy atom. The van der Waals surface area contributed by atoms with Crippen LogP contribution in [0.1, 0.15) is 35.1 Å². The first-order chi connectivity index (χ1) is 15.1. The van der Waals surface area contributed by atoms with Crippen LogP contribution in [0.15, 0.2) is 36.4 Å². The minimum absolute atomic E-state index is 0.00200. The van der Waals surface area contributed by atoms with Gasteiger partial charge in [-0.3, -0.25) is 4.52 Å². The summed E-state index contributed by atoms with van der Waals surface area (Å²) in [5, 5.41) is 9.42. The zero-order valence-corrected chi connectivity index (χ0v) is 18.5. The van der Waals surface area contributed by atoms with Crippen molar-refractivity contribution in [3.05, 3.63) is 64.5 Å². The molecule has 1 unspecified atom stereocenters. The summed E-state index contributed by atoms with van der Waals surface area (Å²) < 4.78 is 75.0. The first-order valence-corrected chi connectivity index (χ1v) is 10.7. The number of aryl methyl sites for hydroxylation is 3. The van der Waals surface area contributed by atoms with Gasteiger partial charge in [-0.25, -0.2) is 8.96 Å². The van der Waals surface area contributed by atoms with Crippen LogP contribution in [-0.2, 0) is 28.1 Å². The number of aliphatic hydroxyl groups is 1. The second kappa shape index (κ2) is 11.7. The van der Waals surface area contributed by atoms with E-state index in [2.05, 4.69) is 4.52 Å². The van der Waals surface area contributed by atoms with Crippen molar-refractivity contribution in [3.63, 3.8) is 0 Å². The lowest BCUT2D eigenvalue weighted by molar-refractivity contribution is -0.139. The van der Waals surface area contributed by atoms with Gasteiger partial charge in [0.1, 0.15) is 11.6 Å². The number of aliphatic hydroxyl groups excluding tert-OH is 1. The fourth-order valence-electron chi connectivity index (χ4n) is 3.16. The monoisotopic (exact) mass is 475 g/mol. The van der Waals surface area contributed by atoms with Crippen LogP contribution in [0.5, 0.6) is 5.75 Å². The Morgan fingerprint density at radius 1 is 1.12 bits per heavy atom. The predicted molar refractivity (Wildman–Crippen MR) is 112 cm³/mol. The van der Waals surface area contributed by atoms with Gasteiger partial charge in [-0.1, -0.05) is 23.8 Å². The summed E-state index contributed by atoms with van der Waals surface area (Å²) in [6, 6.07) is 8.45. The van der Waals surface area contributed by atoms with Crippen molar-refractivity contribution in [1.29, 1.82) is 0 Å². The van der Waals surface area contributed by atoms with Crippen LogP contribution in [0.3, 0.4) is 0 Å². The van der Waals surface area contributed by atoms with Crippen molar-refractivity contribution in [3.8, 4) is 5.75 Å². The van der Waals surface area contributed by atoms with Gasteiger partial charge in [0.15, 0.2) is 0 Å². The number of nitrogens with two attached hydrogens (primary N) is 1. The summed E-state index contributed by atoms with van der Waals surface area (Å²) in [5.41, 5.74) is 5.55. The second-order valence-corrected chi connectivity index (χ2v) is 8.15. The van der Waals surface area contributed by atoms with E-state index in [1.54, 1.807) is 12.1 Å². The van der Waals surface area contributed by atoms with Gasteiger partial charge in [0.25, 0.3) is 0 Å². The molecule has 10 heteroatoms. The summed E-state index contributed by atoms with van der Waals surface area (Å²) in [7, 11) is -0.595. The molecule has 176 valence electrons. The number of hydrogen-bond acceptors (Lipinski definition) is 5. The van der Waals surface area contributed by atoms with E-state index in [0.29, 0.717) is 24.0 Å². The van der Waals surface area contributed by atoms with Gasteiger partial charge in [-0.15, -0.1) is 0 Å². The molecular weight excluding hydrogens is 449 g/mol. The fraction of sp³-hybridized carbons (Fsp3) is 0.455. The molecule has 2 aromatic rings. The molecule has 0 aliphatic carbocycles. The van der Waals surface area contributed by atoms with E-state index < -0.39 is 32.6 Å². The smallest absolute Gasteiger partial charge is 0.419 e. The molecule has 0 bridgehead atoms. The van der Waals surface area contributed by atoms with Crippen LogP contribution < -0.4 is 10.5 Å². The minimum atomic E-state index is -4.63. The maximum Gasteiger partial charge on any atom is 0.419 e. The van der Waals surface area contributed by atoms with Crippen LogP contribution in [-0.4, -0.2) is 30.5 Å². The standard InChI is InChI=1S/C22H26F4NO4P/c1-15-4-6-19(23)17(11-15)3-2-10-30-20-7-5-16(12-18(20)22(24,25)26)8-9-21(27,13-28)14-31-32-29/h4-7,11-12,28H,2-3,8-10,13-14,27H2,1H3. The Hall–Kier alpha value is -2.06. The zero-order chi connectivity index (χ0) is 23.8. The largest absolute Gasteiger partial charge is 0.493 e.